The molecule has 7 heteroatoms. The minimum absolute atomic E-state index is 0.222. The molecular formula is C11H13ClF2N2O2. The number of hydrogen-bond donors (Lipinski definition) is 2. The molecule has 0 bridgehead atoms. The number of rotatable bonds is 5. The van der Waals surface area contributed by atoms with Crippen LogP contribution in [0.15, 0.2) is 12.1 Å². The highest BCUT2D eigenvalue weighted by Crippen LogP contribution is 2.26. The minimum atomic E-state index is -0.952. The molecule has 3 N–H and O–H groups in total. The van der Waals surface area contributed by atoms with Crippen LogP contribution in [0.4, 0.5) is 14.5 Å². The van der Waals surface area contributed by atoms with E-state index in [0.717, 1.165) is 6.07 Å². The van der Waals surface area contributed by atoms with Gasteiger partial charge in [0.2, 0.25) is 5.91 Å². The first-order valence-corrected chi connectivity index (χ1v) is 5.53. The Morgan fingerprint density at radius 1 is 1.56 bits per heavy atom. The van der Waals surface area contributed by atoms with E-state index in [2.05, 4.69) is 5.32 Å². The molecule has 0 aromatic heterocycles. The van der Waals surface area contributed by atoms with E-state index in [-0.39, 0.29) is 17.1 Å². The summed E-state index contributed by atoms with van der Waals surface area (Å²) >= 11 is 5.63. The first-order chi connectivity index (χ1) is 8.45. The third-order valence-corrected chi connectivity index (χ3v) is 2.52. The van der Waals surface area contributed by atoms with Gasteiger partial charge in [-0.15, -0.1) is 0 Å². The van der Waals surface area contributed by atoms with Gasteiger partial charge in [0.1, 0.15) is 5.82 Å². The molecule has 0 heterocycles. The van der Waals surface area contributed by atoms with Crippen molar-refractivity contribution in [2.45, 2.75) is 12.5 Å². The maximum absolute atomic E-state index is 13.4. The van der Waals surface area contributed by atoms with Crippen molar-refractivity contribution in [2.24, 2.45) is 5.73 Å². The Kier molecular flexibility index (Phi) is 5.46. The Hall–Kier alpha value is -1.24. The van der Waals surface area contributed by atoms with Gasteiger partial charge in [-0.05, 0) is 12.5 Å². The van der Waals surface area contributed by atoms with E-state index < -0.39 is 23.6 Å². The number of benzene rings is 1. The van der Waals surface area contributed by atoms with Crippen molar-refractivity contribution in [3.05, 3.63) is 28.8 Å². The molecular weight excluding hydrogens is 266 g/mol. The maximum atomic E-state index is 13.4. The van der Waals surface area contributed by atoms with E-state index in [1.165, 1.54) is 7.11 Å². The normalized spacial score (nSPS) is 12.3. The lowest BCUT2D eigenvalue weighted by molar-refractivity contribution is -0.117. The molecule has 0 aliphatic rings. The Balaban J connectivity index is 2.76. The van der Waals surface area contributed by atoms with Gasteiger partial charge in [0.25, 0.3) is 0 Å². The molecule has 4 nitrogen and oxygen atoms in total. The summed E-state index contributed by atoms with van der Waals surface area (Å²) in [6.45, 7) is 0.300. The highest BCUT2D eigenvalue weighted by molar-refractivity contribution is 6.33. The molecule has 0 saturated heterocycles. The summed E-state index contributed by atoms with van der Waals surface area (Å²) in [4.78, 5) is 11.6. The van der Waals surface area contributed by atoms with Gasteiger partial charge in [0.05, 0.1) is 16.8 Å². The van der Waals surface area contributed by atoms with Gasteiger partial charge in [0, 0.05) is 19.8 Å². The molecule has 1 rings (SSSR count). The van der Waals surface area contributed by atoms with E-state index in [1.807, 2.05) is 0 Å². The number of amides is 1. The lowest BCUT2D eigenvalue weighted by Crippen LogP contribution is -2.36. The summed E-state index contributed by atoms with van der Waals surface area (Å²) in [6.07, 6.45) is 0.281. The van der Waals surface area contributed by atoms with Crippen LogP contribution in [-0.2, 0) is 9.53 Å². The van der Waals surface area contributed by atoms with Crippen LogP contribution < -0.4 is 11.1 Å². The zero-order valence-electron chi connectivity index (χ0n) is 9.67. The SMILES string of the molecule is COCCC(N)C(=O)Nc1c(F)cc(F)cc1Cl. The average molecular weight is 279 g/mol. The lowest BCUT2D eigenvalue weighted by atomic mass is 10.2. The molecule has 100 valence electrons. The molecule has 1 aromatic rings. The van der Waals surface area contributed by atoms with Crippen molar-refractivity contribution in [1.29, 1.82) is 0 Å². The number of nitrogens with two attached hydrogens (primary N) is 1. The number of ether oxygens (including phenoxy) is 1. The molecule has 18 heavy (non-hydrogen) atoms. The fourth-order valence-electron chi connectivity index (χ4n) is 1.25. The fourth-order valence-corrected chi connectivity index (χ4v) is 1.50. The van der Waals surface area contributed by atoms with Crippen molar-refractivity contribution in [3.63, 3.8) is 0 Å². The molecule has 0 aliphatic heterocycles. The number of nitrogens with one attached hydrogen (secondary N) is 1. The predicted molar refractivity (Wildman–Crippen MR) is 64.5 cm³/mol. The molecule has 1 aromatic carbocycles. The second-order valence-electron chi connectivity index (χ2n) is 3.62. The summed E-state index contributed by atoms with van der Waals surface area (Å²) in [5.74, 6) is -2.38. The fraction of sp³-hybridized carbons (Fsp3) is 0.364. The summed E-state index contributed by atoms with van der Waals surface area (Å²) < 4.78 is 30.9. The smallest absolute Gasteiger partial charge is 0.241 e. The van der Waals surface area contributed by atoms with E-state index >= 15 is 0 Å². The van der Waals surface area contributed by atoms with Crippen LogP contribution in [0.5, 0.6) is 0 Å². The number of carbonyl (C=O) groups excluding carboxylic acids is 1. The van der Waals surface area contributed by atoms with Crippen molar-refractivity contribution in [1.82, 2.24) is 0 Å². The van der Waals surface area contributed by atoms with E-state index in [1.54, 1.807) is 0 Å². The van der Waals surface area contributed by atoms with Gasteiger partial charge < -0.3 is 15.8 Å². The molecule has 0 spiro atoms. The number of halogens is 3. The summed E-state index contributed by atoms with van der Waals surface area (Å²) in [7, 11) is 1.47. The Morgan fingerprint density at radius 3 is 2.78 bits per heavy atom. The monoisotopic (exact) mass is 278 g/mol. The Morgan fingerprint density at radius 2 is 2.22 bits per heavy atom. The zero-order chi connectivity index (χ0) is 13.7. The van der Waals surface area contributed by atoms with E-state index in [4.69, 9.17) is 22.1 Å². The van der Waals surface area contributed by atoms with Crippen molar-refractivity contribution < 1.29 is 18.3 Å². The van der Waals surface area contributed by atoms with Gasteiger partial charge >= 0.3 is 0 Å². The van der Waals surface area contributed by atoms with Crippen LogP contribution in [0.25, 0.3) is 0 Å². The molecule has 1 unspecified atom stereocenters. The van der Waals surface area contributed by atoms with Crippen LogP contribution in [0.2, 0.25) is 5.02 Å². The van der Waals surface area contributed by atoms with Crippen molar-refractivity contribution in [3.8, 4) is 0 Å². The molecule has 0 saturated carbocycles. The topological polar surface area (TPSA) is 64.3 Å². The third kappa shape index (κ3) is 3.90. The maximum Gasteiger partial charge on any atom is 0.241 e. The molecule has 0 radical (unpaired) electrons. The van der Waals surface area contributed by atoms with Crippen LogP contribution in [0.1, 0.15) is 6.42 Å². The molecule has 0 fully saturated rings. The van der Waals surface area contributed by atoms with Gasteiger partial charge in [-0.3, -0.25) is 4.79 Å². The standard InChI is InChI=1S/C11H13ClF2N2O2/c1-18-3-2-9(15)11(17)16-10-7(12)4-6(13)5-8(10)14/h4-5,9H,2-3,15H2,1H3,(H,16,17). The quantitative estimate of drug-likeness (QED) is 0.865. The van der Waals surface area contributed by atoms with Gasteiger partial charge in [0.15, 0.2) is 5.82 Å². The van der Waals surface area contributed by atoms with Gasteiger partial charge in [-0.2, -0.15) is 0 Å². The third-order valence-electron chi connectivity index (χ3n) is 2.22. The summed E-state index contributed by atoms with van der Waals surface area (Å²) in [5, 5.41) is 2.00. The number of carbonyl (C=O) groups is 1. The number of hydrogen-bond acceptors (Lipinski definition) is 3. The number of anilines is 1. The molecule has 1 atom stereocenters. The van der Waals surface area contributed by atoms with Gasteiger partial charge in [-0.1, -0.05) is 11.6 Å². The van der Waals surface area contributed by atoms with Gasteiger partial charge in [-0.25, -0.2) is 8.78 Å². The van der Waals surface area contributed by atoms with E-state index in [0.29, 0.717) is 12.7 Å². The summed E-state index contributed by atoms with van der Waals surface area (Å²) in [5.41, 5.74) is 5.27. The first-order valence-electron chi connectivity index (χ1n) is 5.15. The second kappa shape index (κ2) is 6.63. The highest BCUT2D eigenvalue weighted by Gasteiger charge is 2.17. The Bertz CT molecular complexity index is 420. The Labute approximate surface area is 108 Å². The first kappa shape index (κ1) is 14.8. The van der Waals surface area contributed by atoms with Crippen molar-refractivity contribution in [2.75, 3.05) is 19.0 Å². The summed E-state index contributed by atoms with van der Waals surface area (Å²) in [6, 6.07) is 0.675. The van der Waals surface area contributed by atoms with Crippen LogP contribution >= 0.6 is 11.6 Å². The van der Waals surface area contributed by atoms with Crippen LogP contribution in [0, 0.1) is 11.6 Å². The van der Waals surface area contributed by atoms with Crippen molar-refractivity contribution >= 4 is 23.2 Å². The molecule has 0 aliphatic carbocycles. The second-order valence-corrected chi connectivity index (χ2v) is 4.03. The van der Waals surface area contributed by atoms with Crippen LogP contribution in [0.3, 0.4) is 0 Å². The number of methoxy groups -OCH3 is 1. The highest BCUT2D eigenvalue weighted by atomic mass is 35.5. The molecule has 1 amide bonds. The largest absolute Gasteiger partial charge is 0.385 e. The van der Waals surface area contributed by atoms with Crippen LogP contribution in [-0.4, -0.2) is 25.7 Å². The average Bonchev–Trinajstić information content (AvgIpc) is 2.30. The lowest BCUT2D eigenvalue weighted by Gasteiger charge is -2.13. The zero-order valence-corrected chi connectivity index (χ0v) is 10.4. The van der Waals surface area contributed by atoms with E-state index in [9.17, 15) is 13.6 Å². The predicted octanol–water partition coefficient (Wildman–Crippen LogP) is 1.92. The minimum Gasteiger partial charge on any atom is -0.385 e.